The Bertz CT molecular complexity index is 670. The van der Waals surface area contributed by atoms with Gasteiger partial charge in [0.1, 0.15) is 18.2 Å². The fourth-order valence-corrected chi connectivity index (χ4v) is 1.91. The van der Waals surface area contributed by atoms with E-state index >= 15 is 0 Å². The van der Waals surface area contributed by atoms with Gasteiger partial charge in [0, 0.05) is 18.0 Å². The van der Waals surface area contributed by atoms with Crippen molar-refractivity contribution in [3.8, 4) is 0 Å². The maximum absolute atomic E-state index is 11.5. The second kappa shape index (κ2) is 8.28. The summed E-state index contributed by atoms with van der Waals surface area (Å²) in [6, 6.07) is 3.56. The van der Waals surface area contributed by atoms with Gasteiger partial charge in [0.25, 0.3) is 0 Å². The zero-order chi connectivity index (χ0) is 16.7. The Hall–Kier alpha value is -2.41. The summed E-state index contributed by atoms with van der Waals surface area (Å²) in [4.78, 5) is 26.6. The fourth-order valence-electron chi connectivity index (χ4n) is 1.80. The summed E-state index contributed by atoms with van der Waals surface area (Å²) >= 11 is 5.73. The van der Waals surface area contributed by atoms with Crippen LogP contribution in [-0.4, -0.2) is 33.3 Å². The molecule has 0 aromatic carbocycles. The molecule has 8 heteroatoms. The van der Waals surface area contributed by atoms with E-state index in [1.807, 2.05) is 6.07 Å². The zero-order valence-corrected chi connectivity index (χ0v) is 13.3. The molecule has 2 aromatic rings. The predicted octanol–water partition coefficient (Wildman–Crippen LogP) is 1.98. The molecule has 0 aliphatic carbocycles. The number of nitrogens with zero attached hydrogens (tertiary/aromatic N) is 3. The molecule has 0 amide bonds. The number of ether oxygens (including phenoxy) is 2. The molecule has 2 aromatic heterocycles. The third-order valence-electron chi connectivity index (χ3n) is 2.81. The van der Waals surface area contributed by atoms with Gasteiger partial charge in [0.05, 0.1) is 19.3 Å². The van der Waals surface area contributed by atoms with Crippen LogP contribution in [0, 0.1) is 0 Å². The monoisotopic (exact) mass is 337 g/mol. The molecule has 0 radical (unpaired) electrons. The van der Waals surface area contributed by atoms with E-state index in [1.165, 1.54) is 0 Å². The first-order chi connectivity index (χ1) is 11.1. The Morgan fingerprint density at radius 2 is 1.96 bits per heavy atom. The van der Waals surface area contributed by atoms with Crippen LogP contribution in [0.25, 0.3) is 0 Å². The van der Waals surface area contributed by atoms with Gasteiger partial charge >= 0.3 is 11.9 Å². The van der Waals surface area contributed by atoms with Crippen molar-refractivity contribution in [1.82, 2.24) is 14.8 Å². The number of aromatic nitrogens is 3. The first-order valence-corrected chi connectivity index (χ1v) is 7.37. The first kappa shape index (κ1) is 17.0. The Balaban J connectivity index is 1.81. The smallest absolute Gasteiger partial charge is 0.317 e. The summed E-state index contributed by atoms with van der Waals surface area (Å²) in [7, 11) is 0. The minimum Gasteiger partial charge on any atom is -0.466 e. The Morgan fingerprint density at radius 3 is 2.65 bits per heavy atom. The summed E-state index contributed by atoms with van der Waals surface area (Å²) in [5, 5.41) is 4.61. The molecule has 0 fully saturated rings. The molecule has 2 heterocycles. The van der Waals surface area contributed by atoms with Crippen LogP contribution < -0.4 is 0 Å². The summed E-state index contributed by atoms with van der Waals surface area (Å²) in [5.41, 5.74) is 1.67. The number of hydrogen-bond acceptors (Lipinski definition) is 6. The maximum atomic E-state index is 11.5. The van der Waals surface area contributed by atoms with Crippen molar-refractivity contribution in [2.24, 2.45) is 0 Å². The lowest BCUT2D eigenvalue weighted by atomic mass is 10.3. The topological polar surface area (TPSA) is 83.3 Å². The molecule has 0 N–H and O–H groups in total. The molecule has 0 aliphatic heterocycles. The van der Waals surface area contributed by atoms with Crippen LogP contribution in [0.2, 0.25) is 5.15 Å². The quantitative estimate of drug-likeness (QED) is 0.436. The molecular weight excluding hydrogens is 322 g/mol. The standard InChI is InChI=1S/C15H16ClN3O4/c1-2-22-14(20)5-15(21)23-10-12-7-18-19(9-12)8-11-3-4-13(16)17-6-11/h3-4,6-7,9H,2,5,8,10H2,1H3. The number of pyridine rings is 1. The van der Waals surface area contributed by atoms with Crippen molar-refractivity contribution in [2.75, 3.05) is 6.61 Å². The number of halogens is 1. The van der Waals surface area contributed by atoms with Crippen LogP contribution in [-0.2, 0) is 32.2 Å². The summed E-state index contributed by atoms with van der Waals surface area (Å²) in [6.07, 6.45) is 4.63. The van der Waals surface area contributed by atoms with Crippen LogP contribution in [0.1, 0.15) is 24.5 Å². The normalized spacial score (nSPS) is 10.3. The Morgan fingerprint density at radius 1 is 1.17 bits per heavy atom. The number of esters is 2. The van der Waals surface area contributed by atoms with Crippen molar-refractivity contribution >= 4 is 23.5 Å². The third-order valence-corrected chi connectivity index (χ3v) is 3.04. The first-order valence-electron chi connectivity index (χ1n) is 7.00. The number of carbonyl (C=O) groups excluding carboxylic acids is 2. The highest BCUT2D eigenvalue weighted by atomic mass is 35.5. The SMILES string of the molecule is CCOC(=O)CC(=O)OCc1cnn(Cc2ccc(Cl)nc2)c1. The van der Waals surface area contributed by atoms with Crippen LogP contribution in [0.3, 0.4) is 0 Å². The van der Waals surface area contributed by atoms with Gasteiger partial charge in [-0.3, -0.25) is 14.3 Å². The minimum absolute atomic E-state index is 0.0527. The maximum Gasteiger partial charge on any atom is 0.317 e. The van der Waals surface area contributed by atoms with E-state index in [2.05, 4.69) is 14.8 Å². The number of hydrogen-bond donors (Lipinski definition) is 0. The van der Waals surface area contributed by atoms with Crippen molar-refractivity contribution in [3.05, 3.63) is 47.0 Å². The highest BCUT2D eigenvalue weighted by molar-refractivity contribution is 6.29. The average Bonchev–Trinajstić information content (AvgIpc) is 2.95. The van der Waals surface area contributed by atoms with Gasteiger partial charge in [-0.2, -0.15) is 5.10 Å². The lowest BCUT2D eigenvalue weighted by molar-refractivity contribution is -0.155. The summed E-state index contributed by atoms with van der Waals surface area (Å²) in [5.74, 6) is -1.22. The molecule has 0 unspecified atom stereocenters. The van der Waals surface area contributed by atoms with Gasteiger partial charge in [0.2, 0.25) is 0 Å². The molecule has 0 bridgehead atoms. The van der Waals surface area contributed by atoms with E-state index in [0.717, 1.165) is 11.1 Å². The molecule has 7 nitrogen and oxygen atoms in total. The molecule has 0 atom stereocenters. The lowest BCUT2D eigenvalue weighted by Gasteiger charge is -2.03. The number of carbonyl (C=O) groups is 2. The molecule has 122 valence electrons. The molecule has 0 spiro atoms. The number of rotatable bonds is 7. The van der Waals surface area contributed by atoms with E-state index in [1.54, 1.807) is 36.3 Å². The second-order valence-electron chi connectivity index (χ2n) is 4.68. The van der Waals surface area contributed by atoms with E-state index < -0.39 is 18.4 Å². The van der Waals surface area contributed by atoms with E-state index in [9.17, 15) is 9.59 Å². The molecule has 2 rings (SSSR count). The molecule has 0 saturated heterocycles. The van der Waals surface area contributed by atoms with Crippen LogP contribution in [0.5, 0.6) is 0 Å². The predicted molar refractivity (Wildman–Crippen MR) is 81.6 cm³/mol. The molecule has 0 aliphatic rings. The van der Waals surface area contributed by atoms with Gasteiger partial charge in [-0.25, -0.2) is 4.98 Å². The van der Waals surface area contributed by atoms with E-state index in [4.69, 9.17) is 16.3 Å². The van der Waals surface area contributed by atoms with Gasteiger partial charge in [-0.1, -0.05) is 17.7 Å². The Labute approximate surface area is 138 Å². The van der Waals surface area contributed by atoms with Crippen LogP contribution >= 0.6 is 11.6 Å². The highest BCUT2D eigenvalue weighted by Crippen LogP contribution is 2.08. The van der Waals surface area contributed by atoms with Crippen molar-refractivity contribution < 1.29 is 19.1 Å². The van der Waals surface area contributed by atoms with E-state index in [-0.39, 0.29) is 13.2 Å². The van der Waals surface area contributed by atoms with Crippen molar-refractivity contribution in [2.45, 2.75) is 26.5 Å². The third kappa shape index (κ3) is 5.71. The summed E-state index contributed by atoms with van der Waals surface area (Å²) < 4.78 is 11.4. The van der Waals surface area contributed by atoms with Crippen molar-refractivity contribution in [3.63, 3.8) is 0 Å². The largest absolute Gasteiger partial charge is 0.466 e. The summed E-state index contributed by atoms with van der Waals surface area (Å²) in [6.45, 7) is 2.49. The molecular formula is C15H16ClN3O4. The molecule has 0 saturated carbocycles. The Kier molecular flexibility index (Phi) is 6.10. The average molecular weight is 338 g/mol. The van der Waals surface area contributed by atoms with Crippen molar-refractivity contribution in [1.29, 1.82) is 0 Å². The van der Waals surface area contributed by atoms with Crippen LogP contribution in [0.4, 0.5) is 0 Å². The molecule has 23 heavy (non-hydrogen) atoms. The van der Waals surface area contributed by atoms with Gasteiger partial charge < -0.3 is 9.47 Å². The lowest BCUT2D eigenvalue weighted by Crippen LogP contribution is -2.13. The van der Waals surface area contributed by atoms with Gasteiger partial charge in [-0.05, 0) is 18.6 Å². The van der Waals surface area contributed by atoms with Crippen LogP contribution in [0.15, 0.2) is 30.7 Å². The zero-order valence-electron chi connectivity index (χ0n) is 12.6. The van der Waals surface area contributed by atoms with Gasteiger partial charge in [-0.15, -0.1) is 0 Å². The minimum atomic E-state index is -0.627. The highest BCUT2D eigenvalue weighted by Gasteiger charge is 2.12. The fraction of sp³-hybridized carbons (Fsp3) is 0.333. The van der Waals surface area contributed by atoms with Gasteiger partial charge in [0.15, 0.2) is 0 Å². The second-order valence-corrected chi connectivity index (χ2v) is 5.07. The van der Waals surface area contributed by atoms with E-state index in [0.29, 0.717) is 11.7 Å².